The van der Waals surface area contributed by atoms with E-state index in [1.807, 2.05) is 11.8 Å². The molecule has 3 heteroatoms. The van der Waals surface area contributed by atoms with Crippen LogP contribution in [-0.2, 0) is 4.79 Å². The highest BCUT2D eigenvalue weighted by atomic mass is 32.2. The summed E-state index contributed by atoms with van der Waals surface area (Å²) in [7, 11) is 0. The first-order valence-corrected chi connectivity index (χ1v) is 7.81. The first kappa shape index (κ1) is 15.8. The van der Waals surface area contributed by atoms with Crippen molar-refractivity contribution >= 4 is 17.7 Å². The van der Waals surface area contributed by atoms with Gasteiger partial charge in [0.2, 0.25) is 5.91 Å². The zero-order valence-electron chi connectivity index (χ0n) is 11.1. The molecule has 0 aromatic rings. The average Bonchev–Trinajstić information content (AvgIpc) is 2.25. The fourth-order valence-electron chi connectivity index (χ4n) is 1.46. The Labute approximate surface area is 105 Å². The minimum atomic E-state index is 0.220. The Kier molecular flexibility index (Phi) is 11.2. The van der Waals surface area contributed by atoms with Gasteiger partial charge >= 0.3 is 0 Å². The highest BCUT2D eigenvalue weighted by Crippen LogP contribution is 2.05. The third-order valence-corrected chi connectivity index (χ3v) is 3.24. The normalized spacial score (nSPS) is 10.8. The maximum Gasteiger partial charge on any atom is 0.220 e. The van der Waals surface area contributed by atoms with Gasteiger partial charge in [0.05, 0.1) is 0 Å². The number of rotatable bonds is 10. The number of thioether (sulfide) groups is 1. The fourth-order valence-corrected chi connectivity index (χ4v) is 1.95. The van der Waals surface area contributed by atoms with Crippen LogP contribution in [0.3, 0.4) is 0 Å². The van der Waals surface area contributed by atoms with Crippen LogP contribution in [0.1, 0.15) is 52.4 Å². The van der Waals surface area contributed by atoms with Crippen LogP contribution in [0.5, 0.6) is 0 Å². The van der Waals surface area contributed by atoms with Crippen LogP contribution < -0.4 is 5.32 Å². The highest BCUT2D eigenvalue weighted by Gasteiger charge is 2.01. The summed E-state index contributed by atoms with van der Waals surface area (Å²) in [5, 5.41) is 2.98. The van der Waals surface area contributed by atoms with E-state index in [1.54, 1.807) is 0 Å². The summed E-state index contributed by atoms with van der Waals surface area (Å²) in [6.45, 7) is 5.16. The summed E-state index contributed by atoms with van der Waals surface area (Å²) in [5.74, 6) is 2.11. The van der Waals surface area contributed by atoms with Gasteiger partial charge in [-0.3, -0.25) is 4.79 Å². The molecule has 1 N–H and O–H groups in total. The summed E-state index contributed by atoms with van der Waals surface area (Å²) in [6.07, 6.45) is 8.80. The number of unbranched alkanes of at least 4 members (excludes halogenated alkanes) is 3. The minimum Gasteiger partial charge on any atom is -0.356 e. The molecule has 0 unspecified atom stereocenters. The molecule has 1 amide bonds. The fraction of sp³-hybridized carbons (Fsp3) is 0.923. The Bertz CT molecular complexity index is 171. The van der Waals surface area contributed by atoms with Crippen LogP contribution in [0.2, 0.25) is 0 Å². The van der Waals surface area contributed by atoms with Crippen molar-refractivity contribution in [2.45, 2.75) is 52.4 Å². The van der Waals surface area contributed by atoms with Gasteiger partial charge in [-0.2, -0.15) is 11.8 Å². The van der Waals surface area contributed by atoms with Gasteiger partial charge in [0.1, 0.15) is 0 Å². The van der Waals surface area contributed by atoms with Crippen molar-refractivity contribution in [2.75, 3.05) is 18.6 Å². The second kappa shape index (κ2) is 11.3. The van der Waals surface area contributed by atoms with Crippen LogP contribution in [-0.4, -0.2) is 24.5 Å². The zero-order chi connectivity index (χ0) is 12.2. The van der Waals surface area contributed by atoms with E-state index in [2.05, 4.69) is 25.4 Å². The lowest BCUT2D eigenvalue weighted by molar-refractivity contribution is -0.121. The Morgan fingerprint density at radius 2 is 1.88 bits per heavy atom. The number of hydrogen-bond acceptors (Lipinski definition) is 2. The van der Waals surface area contributed by atoms with Gasteiger partial charge in [0.15, 0.2) is 0 Å². The van der Waals surface area contributed by atoms with Crippen LogP contribution in [0, 0.1) is 5.92 Å². The number of nitrogens with one attached hydrogen (secondary N) is 1. The number of hydrogen-bond donors (Lipinski definition) is 1. The standard InChI is InChI=1S/C13H27NOS/c1-12(2)8-9-13(15)14-10-6-4-5-7-11-16-3/h12H,4-11H2,1-3H3,(H,14,15). The molecular formula is C13H27NOS. The lowest BCUT2D eigenvalue weighted by atomic mass is 10.1. The van der Waals surface area contributed by atoms with E-state index in [0.29, 0.717) is 12.3 Å². The molecule has 0 aromatic carbocycles. The first-order chi connectivity index (χ1) is 7.66. The second-order valence-corrected chi connectivity index (χ2v) is 5.68. The van der Waals surface area contributed by atoms with Crippen molar-refractivity contribution in [3.8, 4) is 0 Å². The van der Waals surface area contributed by atoms with Gasteiger partial charge in [-0.05, 0) is 37.2 Å². The molecule has 96 valence electrons. The SMILES string of the molecule is CSCCCCCCNC(=O)CCC(C)C. The largest absolute Gasteiger partial charge is 0.356 e. The van der Waals surface area contributed by atoms with Crippen LogP contribution in [0.15, 0.2) is 0 Å². The summed E-state index contributed by atoms with van der Waals surface area (Å²) >= 11 is 1.91. The molecule has 0 saturated heterocycles. The van der Waals surface area contributed by atoms with Gasteiger partial charge in [0.25, 0.3) is 0 Å². The van der Waals surface area contributed by atoms with E-state index in [9.17, 15) is 4.79 Å². The summed E-state index contributed by atoms with van der Waals surface area (Å²) in [4.78, 5) is 11.4. The Hall–Kier alpha value is -0.180. The zero-order valence-corrected chi connectivity index (χ0v) is 11.9. The van der Waals surface area contributed by atoms with Crippen molar-refractivity contribution in [2.24, 2.45) is 5.92 Å². The third kappa shape index (κ3) is 11.9. The van der Waals surface area contributed by atoms with E-state index in [-0.39, 0.29) is 5.91 Å². The number of carbonyl (C=O) groups excluding carboxylic acids is 1. The molecular weight excluding hydrogens is 218 g/mol. The van der Waals surface area contributed by atoms with E-state index in [4.69, 9.17) is 0 Å². The topological polar surface area (TPSA) is 29.1 Å². The average molecular weight is 245 g/mol. The molecule has 0 aromatic heterocycles. The smallest absolute Gasteiger partial charge is 0.220 e. The molecule has 0 saturated carbocycles. The van der Waals surface area contributed by atoms with Gasteiger partial charge in [-0.15, -0.1) is 0 Å². The minimum absolute atomic E-state index is 0.220. The molecule has 16 heavy (non-hydrogen) atoms. The summed E-state index contributed by atoms with van der Waals surface area (Å²) in [5.41, 5.74) is 0. The highest BCUT2D eigenvalue weighted by molar-refractivity contribution is 7.98. The summed E-state index contributed by atoms with van der Waals surface area (Å²) < 4.78 is 0. The Morgan fingerprint density at radius 1 is 1.19 bits per heavy atom. The molecule has 0 spiro atoms. The Balaban J connectivity index is 3.15. The quantitative estimate of drug-likeness (QED) is 0.597. The molecule has 0 atom stereocenters. The lowest BCUT2D eigenvalue weighted by Crippen LogP contribution is -2.24. The Morgan fingerprint density at radius 3 is 2.50 bits per heavy atom. The van der Waals surface area contributed by atoms with Crippen molar-refractivity contribution in [3.63, 3.8) is 0 Å². The molecule has 0 bridgehead atoms. The first-order valence-electron chi connectivity index (χ1n) is 6.42. The summed E-state index contributed by atoms with van der Waals surface area (Å²) in [6, 6.07) is 0. The molecule has 2 nitrogen and oxygen atoms in total. The van der Waals surface area contributed by atoms with Crippen molar-refractivity contribution in [1.29, 1.82) is 0 Å². The van der Waals surface area contributed by atoms with E-state index in [1.165, 1.54) is 25.0 Å². The lowest BCUT2D eigenvalue weighted by Gasteiger charge is -2.06. The van der Waals surface area contributed by atoms with E-state index >= 15 is 0 Å². The van der Waals surface area contributed by atoms with E-state index in [0.717, 1.165) is 19.4 Å². The number of carbonyl (C=O) groups is 1. The molecule has 0 fully saturated rings. The molecule has 0 heterocycles. The van der Waals surface area contributed by atoms with Crippen molar-refractivity contribution in [1.82, 2.24) is 5.32 Å². The molecule has 0 radical (unpaired) electrons. The van der Waals surface area contributed by atoms with Gasteiger partial charge in [-0.1, -0.05) is 26.7 Å². The monoisotopic (exact) mass is 245 g/mol. The molecule has 0 aliphatic carbocycles. The van der Waals surface area contributed by atoms with Crippen molar-refractivity contribution < 1.29 is 4.79 Å². The molecule has 0 aliphatic rings. The van der Waals surface area contributed by atoms with Crippen LogP contribution >= 0.6 is 11.8 Å². The maximum absolute atomic E-state index is 11.4. The number of amides is 1. The van der Waals surface area contributed by atoms with Crippen LogP contribution in [0.4, 0.5) is 0 Å². The van der Waals surface area contributed by atoms with Crippen LogP contribution in [0.25, 0.3) is 0 Å². The van der Waals surface area contributed by atoms with E-state index < -0.39 is 0 Å². The third-order valence-electron chi connectivity index (χ3n) is 2.55. The predicted molar refractivity (Wildman–Crippen MR) is 73.9 cm³/mol. The van der Waals surface area contributed by atoms with Gasteiger partial charge in [-0.25, -0.2) is 0 Å². The van der Waals surface area contributed by atoms with Crippen molar-refractivity contribution in [3.05, 3.63) is 0 Å². The molecule has 0 aliphatic heterocycles. The van der Waals surface area contributed by atoms with Gasteiger partial charge < -0.3 is 5.32 Å². The van der Waals surface area contributed by atoms with Gasteiger partial charge in [0, 0.05) is 13.0 Å². The maximum atomic E-state index is 11.4. The molecule has 0 rings (SSSR count). The predicted octanol–water partition coefficient (Wildman–Crippen LogP) is 3.46. The second-order valence-electron chi connectivity index (χ2n) is 4.69.